The van der Waals surface area contributed by atoms with Crippen molar-refractivity contribution in [3.8, 4) is 0 Å². The Bertz CT molecular complexity index is 559. The normalized spacial score (nSPS) is 16.0. The van der Waals surface area contributed by atoms with Crippen molar-refractivity contribution in [3.05, 3.63) is 5.01 Å². The lowest BCUT2D eigenvalue weighted by Gasteiger charge is -2.11. The van der Waals surface area contributed by atoms with Crippen LogP contribution >= 0.6 is 11.3 Å². The fourth-order valence-corrected chi connectivity index (χ4v) is 2.83. The van der Waals surface area contributed by atoms with E-state index in [2.05, 4.69) is 34.7 Å². The molecule has 0 spiro atoms. The number of aromatic nitrogens is 2. The summed E-state index contributed by atoms with van der Waals surface area (Å²) in [5.74, 6) is -0.495. The van der Waals surface area contributed by atoms with Gasteiger partial charge in [-0.05, 0) is 6.42 Å². The highest BCUT2D eigenvalue weighted by atomic mass is 32.1. The number of carbonyl (C=O) groups excluding carboxylic acids is 3. The number of carbonyl (C=O) groups is 3. The quantitative estimate of drug-likeness (QED) is 0.761. The van der Waals surface area contributed by atoms with E-state index < -0.39 is 17.8 Å². The van der Waals surface area contributed by atoms with Gasteiger partial charge >= 0.3 is 6.03 Å². The van der Waals surface area contributed by atoms with Crippen LogP contribution in [-0.2, 0) is 9.59 Å². The molecule has 0 aromatic carbocycles. The van der Waals surface area contributed by atoms with Crippen molar-refractivity contribution in [3.63, 3.8) is 0 Å². The van der Waals surface area contributed by atoms with E-state index >= 15 is 0 Å². The molecule has 21 heavy (non-hydrogen) atoms. The van der Waals surface area contributed by atoms with Gasteiger partial charge in [0, 0.05) is 5.92 Å². The minimum atomic E-state index is -0.551. The molecule has 0 unspecified atom stereocenters. The molecule has 1 saturated heterocycles. The molecule has 2 heterocycles. The van der Waals surface area contributed by atoms with Gasteiger partial charge in [0.2, 0.25) is 16.9 Å². The van der Waals surface area contributed by atoms with Crippen LogP contribution in [0.2, 0.25) is 0 Å². The number of nitrogens with zero attached hydrogens (tertiary/aromatic N) is 3. The first-order valence-electron chi connectivity index (χ1n) is 6.71. The summed E-state index contributed by atoms with van der Waals surface area (Å²) in [4.78, 5) is 35.3. The van der Waals surface area contributed by atoms with Gasteiger partial charge in [0.15, 0.2) is 0 Å². The van der Waals surface area contributed by atoms with Crippen molar-refractivity contribution in [1.29, 1.82) is 0 Å². The zero-order valence-electron chi connectivity index (χ0n) is 11.9. The van der Waals surface area contributed by atoms with Crippen molar-refractivity contribution >= 4 is 34.3 Å². The minimum absolute atomic E-state index is 0.0961. The third kappa shape index (κ3) is 3.97. The molecule has 2 N–H and O–H groups in total. The van der Waals surface area contributed by atoms with Gasteiger partial charge in [-0.3, -0.25) is 20.2 Å². The Labute approximate surface area is 125 Å². The van der Waals surface area contributed by atoms with Gasteiger partial charge < -0.3 is 4.90 Å². The molecule has 0 aliphatic carbocycles. The van der Waals surface area contributed by atoms with Gasteiger partial charge in [0.05, 0.1) is 0 Å². The molecular weight excluding hydrogens is 294 g/mol. The molecule has 1 fully saturated rings. The Balaban J connectivity index is 1.88. The molecule has 8 nitrogen and oxygen atoms in total. The Hall–Kier alpha value is -2.03. The van der Waals surface area contributed by atoms with Gasteiger partial charge in [-0.25, -0.2) is 4.79 Å². The molecule has 0 radical (unpaired) electrons. The van der Waals surface area contributed by atoms with E-state index in [1.54, 1.807) is 0 Å². The van der Waals surface area contributed by atoms with Gasteiger partial charge in [-0.1, -0.05) is 31.6 Å². The van der Waals surface area contributed by atoms with Crippen LogP contribution in [0.25, 0.3) is 0 Å². The van der Waals surface area contributed by atoms with Gasteiger partial charge in [0.1, 0.15) is 18.1 Å². The second-order valence-corrected chi connectivity index (χ2v) is 5.90. The Morgan fingerprint density at radius 3 is 2.86 bits per heavy atom. The van der Waals surface area contributed by atoms with Crippen molar-refractivity contribution in [2.24, 2.45) is 0 Å². The zero-order chi connectivity index (χ0) is 15.4. The van der Waals surface area contributed by atoms with E-state index in [4.69, 9.17) is 0 Å². The summed E-state index contributed by atoms with van der Waals surface area (Å²) < 4.78 is 0. The number of hydrogen-bond donors (Lipinski definition) is 2. The first-order valence-corrected chi connectivity index (χ1v) is 7.53. The van der Waals surface area contributed by atoms with Gasteiger partial charge in [-0.2, -0.15) is 0 Å². The summed E-state index contributed by atoms with van der Waals surface area (Å²) in [5.41, 5.74) is 0. The lowest BCUT2D eigenvalue weighted by atomic mass is 10.1. The molecule has 0 bridgehead atoms. The van der Waals surface area contributed by atoms with Crippen LogP contribution in [0.4, 0.5) is 9.93 Å². The Morgan fingerprint density at radius 2 is 2.24 bits per heavy atom. The maximum absolute atomic E-state index is 11.8. The van der Waals surface area contributed by atoms with E-state index in [1.165, 1.54) is 11.3 Å². The fourth-order valence-electron chi connectivity index (χ4n) is 1.98. The van der Waals surface area contributed by atoms with Crippen LogP contribution in [0.5, 0.6) is 0 Å². The van der Waals surface area contributed by atoms with Gasteiger partial charge in [-0.15, -0.1) is 10.2 Å². The van der Waals surface area contributed by atoms with Crippen LogP contribution < -0.4 is 10.6 Å². The Kier molecular flexibility index (Phi) is 4.84. The number of amides is 4. The van der Waals surface area contributed by atoms with Crippen LogP contribution in [0.3, 0.4) is 0 Å². The third-order valence-electron chi connectivity index (χ3n) is 3.03. The number of hydrogen-bond acceptors (Lipinski definition) is 6. The van der Waals surface area contributed by atoms with Crippen molar-refractivity contribution in [2.75, 3.05) is 18.4 Å². The third-order valence-corrected chi connectivity index (χ3v) is 4.10. The van der Waals surface area contributed by atoms with E-state index in [0.29, 0.717) is 11.0 Å². The number of imide groups is 1. The fraction of sp³-hybridized carbons (Fsp3) is 0.583. The molecule has 2 rings (SSSR count). The predicted molar refractivity (Wildman–Crippen MR) is 77.0 cm³/mol. The maximum atomic E-state index is 11.8. The number of rotatable bonds is 6. The van der Waals surface area contributed by atoms with E-state index in [9.17, 15) is 14.4 Å². The standard InChI is InChI=1S/C12H17N5O3S/c1-3-4-7(2)10-15-16-11(21-10)13-8(18)5-17-6-9(19)14-12(17)20/h7H,3-6H2,1-2H3,(H,13,16,18)(H,14,19,20)/t7-/m1/s1. The number of urea groups is 1. The Morgan fingerprint density at radius 1 is 1.48 bits per heavy atom. The predicted octanol–water partition coefficient (Wildman–Crippen LogP) is 0.932. The van der Waals surface area contributed by atoms with Crippen LogP contribution in [0.1, 0.15) is 37.6 Å². The molecule has 9 heteroatoms. The smallest absolute Gasteiger partial charge is 0.306 e. The lowest BCUT2D eigenvalue weighted by molar-refractivity contribution is -0.119. The first-order chi connectivity index (χ1) is 9.99. The highest BCUT2D eigenvalue weighted by Crippen LogP contribution is 2.26. The topological polar surface area (TPSA) is 104 Å². The van der Waals surface area contributed by atoms with E-state index in [0.717, 1.165) is 22.7 Å². The average molecular weight is 311 g/mol. The zero-order valence-corrected chi connectivity index (χ0v) is 12.7. The van der Waals surface area contributed by atoms with E-state index in [-0.39, 0.29) is 13.1 Å². The first kappa shape index (κ1) is 15.4. The summed E-state index contributed by atoms with van der Waals surface area (Å²) in [6.45, 7) is 3.89. The SMILES string of the molecule is CCC[C@@H](C)c1nnc(NC(=O)CN2CC(=O)NC2=O)s1. The van der Waals surface area contributed by atoms with Crippen molar-refractivity contribution in [1.82, 2.24) is 20.4 Å². The van der Waals surface area contributed by atoms with Crippen LogP contribution in [0.15, 0.2) is 0 Å². The largest absolute Gasteiger partial charge is 0.325 e. The monoisotopic (exact) mass is 311 g/mol. The highest BCUT2D eigenvalue weighted by Gasteiger charge is 2.28. The molecule has 4 amide bonds. The average Bonchev–Trinajstić information content (AvgIpc) is 2.97. The van der Waals surface area contributed by atoms with Crippen LogP contribution in [-0.4, -0.2) is 46.0 Å². The second kappa shape index (κ2) is 6.61. The summed E-state index contributed by atoms with van der Waals surface area (Å²) in [7, 11) is 0. The number of nitrogens with one attached hydrogen (secondary N) is 2. The second-order valence-electron chi connectivity index (χ2n) is 4.89. The molecular formula is C12H17N5O3S. The van der Waals surface area contributed by atoms with Crippen molar-refractivity contribution in [2.45, 2.75) is 32.6 Å². The van der Waals surface area contributed by atoms with Crippen LogP contribution in [0, 0.1) is 0 Å². The minimum Gasteiger partial charge on any atom is -0.306 e. The molecule has 1 atom stereocenters. The molecule has 1 aliphatic rings. The lowest BCUT2D eigenvalue weighted by Crippen LogP contribution is -2.35. The summed E-state index contributed by atoms with van der Waals surface area (Å²) in [6, 6.07) is -0.551. The van der Waals surface area contributed by atoms with Crippen molar-refractivity contribution < 1.29 is 14.4 Å². The molecule has 1 aliphatic heterocycles. The highest BCUT2D eigenvalue weighted by molar-refractivity contribution is 7.15. The molecule has 114 valence electrons. The summed E-state index contributed by atoms with van der Waals surface area (Å²) >= 11 is 1.33. The number of anilines is 1. The summed E-state index contributed by atoms with van der Waals surface area (Å²) in [6.07, 6.45) is 2.07. The van der Waals surface area contributed by atoms with Gasteiger partial charge in [0.25, 0.3) is 0 Å². The van der Waals surface area contributed by atoms with E-state index in [1.807, 2.05) is 0 Å². The molecule has 0 saturated carbocycles. The summed E-state index contributed by atoms with van der Waals surface area (Å²) in [5, 5.41) is 14.0. The maximum Gasteiger partial charge on any atom is 0.325 e. The molecule has 1 aromatic rings. The molecule has 1 aromatic heterocycles.